The van der Waals surface area contributed by atoms with Crippen LogP contribution in [0, 0.1) is 0 Å². The Bertz CT molecular complexity index is 1250. The number of aliphatic hydroxyl groups excluding tert-OH is 2. The number of aromatic nitrogens is 1. The van der Waals surface area contributed by atoms with Gasteiger partial charge in [0.15, 0.2) is 11.5 Å². The van der Waals surface area contributed by atoms with E-state index in [4.69, 9.17) is 9.47 Å². The van der Waals surface area contributed by atoms with Gasteiger partial charge in [-0.25, -0.2) is 0 Å². The van der Waals surface area contributed by atoms with E-state index < -0.39 is 6.10 Å². The predicted octanol–water partition coefficient (Wildman–Crippen LogP) is 4.38. The summed E-state index contributed by atoms with van der Waals surface area (Å²) in [6, 6.07) is 22.7. The van der Waals surface area contributed by atoms with Gasteiger partial charge >= 0.3 is 0 Å². The number of para-hydroxylation sites is 2. The van der Waals surface area contributed by atoms with Gasteiger partial charge in [-0.15, -0.1) is 0 Å². The third kappa shape index (κ3) is 7.05. The predicted molar refractivity (Wildman–Crippen MR) is 154 cm³/mol. The second-order valence-electron chi connectivity index (χ2n) is 10.1. The van der Waals surface area contributed by atoms with Crippen LogP contribution in [0.25, 0.3) is 21.8 Å². The number of methoxy groups -OCH3 is 1. The normalized spacial score (nSPS) is 12.6. The molecule has 1 aromatic heterocycles. The molecule has 0 unspecified atom stereocenters. The Hall–Kier alpha value is -3.10. The number of aliphatic hydroxyl groups is 2. The van der Waals surface area contributed by atoms with E-state index in [0.717, 1.165) is 35.3 Å². The molecule has 0 saturated carbocycles. The largest absolute Gasteiger partial charge is 0.493 e. The fourth-order valence-electron chi connectivity index (χ4n) is 5.05. The first-order valence-corrected chi connectivity index (χ1v) is 13.4. The molecule has 204 valence electrons. The summed E-state index contributed by atoms with van der Waals surface area (Å²) >= 11 is 0. The lowest BCUT2D eigenvalue weighted by Gasteiger charge is -2.26. The number of ether oxygens (including phenoxy) is 2. The van der Waals surface area contributed by atoms with Gasteiger partial charge in [0.05, 0.1) is 26.4 Å². The fraction of sp³-hybridized carbons (Fsp3) is 0.419. The van der Waals surface area contributed by atoms with Gasteiger partial charge in [0, 0.05) is 54.6 Å². The summed E-state index contributed by atoms with van der Waals surface area (Å²) in [4.78, 5) is 4.33. The molecule has 0 fully saturated rings. The zero-order valence-corrected chi connectivity index (χ0v) is 22.8. The number of hydrogen-bond donors (Lipinski definition) is 2. The minimum atomic E-state index is -0.575. The Balaban J connectivity index is 1.45. The maximum Gasteiger partial charge on any atom is 0.161 e. The summed E-state index contributed by atoms with van der Waals surface area (Å²) in [6.45, 7) is 4.02. The molecule has 7 nitrogen and oxygen atoms in total. The van der Waals surface area contributed by atoms with E-state index in [2.05, 4.69) is 70.9 Å². The first kappa shape index (κ1) is 27.9. The summed E-state index contributed by atoms with van der Waals surface area (Å²) in [7, 11) is 5.76. The van der Waals surface area contributed by atoms with Crippen molar-refractivity contribution in [1.29, 1.82) is 0 Å². The molecule has 1 atom stereocenters. The van der Waals surface area contributed by atoms with Crippen molar-refractivity contribution in [2.75, 3.05) is 54.1 Å². The van der Waals surface area contributed by atoms with Gasteiger partial charge in [0.2, 0.25) is 0 Å². The SMILES string of the molecule is COc1cc(CN(CCCO)C[C@@H](O)Cn2c3ccccc3c3ccccc32)ccc1OCCCN(C)C. The maximum atomic E-state index is 11.2. The lowest BCUT2D eigenvalue weighted by atomic mass is 10.1. The van der Waals surface area contributed by atoms with Gasteiger partial charge in [-0.3, -0.25) is 4.90 Å². The van der Waals surface area contributed by atoms with Gasteiger partial charge in [0.1, 0.15) is 0 Å². The van der Waals surface area contributed by atoms with Crippen molar-refractivity contribution in [3.05, 3.63) is 72.3 Å². The van der Waals surface area contributed by atoms with Crippen LogP contribution in [0.5, 0.6) is 11.5 Å². The molecule has 0 aliphatic heterocycles. The Morgan fingerprint density at radius 1 is 0.868 bits per heavy atom. The Morgan fingerprint density at radius 3 is 2.18 bits per heavy atom. The third-order valence-corrected chi connectivity index (χ3v) is 6.82. The molecular formula is C31H41N3O4. The first-order chi connectivity index (χ1) is 18.5. The Morgan fingerprint density at radius 2 is 1.55 bits per heavy atom. The number of rotatable bonds is 15. The zero-order chi connectivity index (χ0) is 26.9. The van der Waals surface area contributed by atoms with Crippen LogP contribution in [0.4, 0.5) is 0 Å². The van der Waals surface area contributed by atoms with Crippen molar-refractivity contribution in [3.8, 4) is 11.5 Å². The van der Waals surface area contributed by atoms with Crippen molar-refractivity contribution in [1.82, 2.24) is 14.4 Å². The van der Waals surface area contributed by atoms with E-state index in [0.29, 0.717) is 45.0 Å². The lowest BCUT2D eigenvalue weighted by molar-refractivity contribution is 0.0921. The molecule has 0 saturated heterocycles. The van der Waals surface area contributed by atoms with E-state index in [-0.39, 0.29) is 6.61 Å². The molecule has 0 spiro atoms. The van der Waals surface area contributed by atoms with Crippen LogP contribution in [0.2, 0.25) is 0 Å². The van der Waals surface area contributed by atoms with Crippen molar-refractivity contribution >= 4 is 21.8 Å². The highest BCUT2D eigenvalue weighted by Gasteiger charge is 2.17. The summed E-state index contributed by atoms with van der Waals surface area (Å²) in [5.74, 6) is 1.45. The highest BCUT2D eigenvalue weighted by molar-refractivity contribution is 6.07. The van der Waals surface area contributed by atoms with E-state index in [1.54, 1.807) is 7.11 Å². The van der Waals surface area contributed by atoms with E-state index in [1.165, 1.54) is 10.8 Å². The topological polar surface area (TPSA) is 70.3 Å². The highest BCUT2D eigenvalue weighted by Crippen LogP contribution is 2.30. The van der Waals surface area contributed by atoms with Gasteiger partial charge in [-0.2, -0.15) is 0 Å². The van der Waals surface area contributed by atoms with Crippen LogP contribution in [0.3, 0.4) is 0 Å². The molecule has 4 aromatic rings. The minimum Gasteiger partial charge on any atom is -0.493 e. The summed E-state index contributed by atoms with van der Waals surface area (Å²) in [5, 5.41) is 23.1. The average molecular weight is 520 g/mol. The maximum absolute atomic E-state index is 11.2. The fourth-order valence-corrected chi connectivity index (χ4v) is 5.05. The molecule has 0 aliphatic rings. The molecule has 0 aliphatic carbocycles. The molecule has 0 radical (unpaired) electrons. The van der Waals surface area contributed by atoms with Crippen molar-refractivity contribution in [2.45, 2.75) is 32.0 Å². The second kappa shape index (κ2) is 13.6. The summed E-state index contributed by atoms with van der Waals surface area (Å²) in [6.07, 6.45) is 1.01. The standard InChI is InChI=1S/C31H41N3O4/c1-32(2)16-9-19-38-30-15-14-24(20-31(30)37-3)21-33(17-8-18-35)22-25(36)23-34-28-12-6-4-10-26(28)27-11-5-7-13-29(27)34/h4-7,10-15,20,25,35-36H,8-9,16-19,21-23H2,1-3H3/t25-/m1/s1. The van der Waals surface area contributed by atoms with Crippen molar-refractivity contribution < 1.29 is 19.7 Å². The molecular weight excluding hydrogens is 478 g/mol. The van der Waals surface area contributed by atoms with Gasteiger partial charge < -0.3 is 29.2 Å². The Kier molecular flexibility index (Phi) is 10.0. The van der Waals surface area contributed by atoms with Crippen LogP contribution >= 0.6 is 0 Å². The summed E-state index contributed by atoms with van der Waals surface area (Å²) < 4.78 is 13.8. The number of benzene rings is 3. The van der Waals surface area contributed by atoms with Crippen LogP contribution < -0.4 is 9.47 Å². The lowest BCUT2D eigenvalue weighted by Crippen LogP contribution is -2.35. The molecule has 38 heavy (non-hydrogen) atoms. The zero-order valence-electron chi connectivity index (χ0n) is 22.8. The molecule has 4 rings (SSSR count). The first-order valence-electron chi connectivity index (χ1n) is 13.4. The van der Waals surface area contributed by atoms with E-state index in [1.807, 2.05) is 24.3 Å². The molecule has 3 aromatic carbocycles. The van der Waals surface area contributed by atoms with Crippen molar-refractivity contribution in [3.63, 3.8) is 0 Å². The quantitative estimate of drug-likeness (QED) is 0.227. The van der Waals surface area contributed by atoms with Crippen LogP contribution in [0.15, 0.2) is 66.7 Å². The van der Waals surface area contributed by atoms with Gasteiger partial charge in [0.25, 0.3) is 0 Å². The van der Waals surface area contributed by atoms with Crippen molar-refractivity contribution in [2.24, 2.45) is 0 Å². The third-order valence-electron chi connectivity index (χ3n) is 6.82. The molecule has 7 heteroatoms. The number of fused-ring (bicyclic) bond motifs is 3. The smallest absolute Gasteiger partial charge is 0.161 e. The van der Waals surface area contributed by atoms with Gasteiger partial charge in [-0.1, -0.05) is 42.5 Å². The minimum absolute atomic E-state index is 0.114. The monoisotopic (exact) mass is 519 g/mol. The molecule has 1 heterocycles. The molecule has 0 amide bonds. The second-order valence-corrected chi connectivity index (χ2v) is 10.1. The van der Waals surface area contributed by atoms with Crippen LogP contribution in [-0.2, 0) is 13.1 Å². The average Bonchev–Trinajstić information content (AvgIpc) is 3.23. The summed E-state index contributed by atoms with van der Waals surface area (Å²) in [5.41, 5.74) is 3.32. The number of hydrogen-bond acceptors (Lipinski definition) is 6. The van der Waals surface area contributed by atoms with Gasteiger partial charge in [-0.05, 0) is 56.8 Å². The molecule has 0 bridgehead atoms. The van der Waals surface area contributed by atoms with E-state index in [9.17, 15) is 10.2 Å². The van der Waals surface area contributed by atoms with Crippen LogP contribution in [0.1, 0.15) is 18.4 Å². The highest BCUT2D eigenvalue weighted by atomic mass is 16.5. The Labute approximate surface area is 225 Å². The van der Waals surface area contributed by atoms with Crippen LogP contribution in [-0.4, -0.2) is 84.7 Å². The van der Waals surface area contributed by atoms with E-state index >= 15 is 0 Å². The molecule has 2 N–H and O–H groups in total. The number of nitrogens with zero attached hydrogens (tertiary/aromatic N) is 3.